The van der Waals surface area contributed by atoms with Gasteiger partial charge in [0.25, 0.3) is 5.56 Å². The molecule has 1 aliphatic heterocycles. The van der Waals surface area contributed by atoms with Gasteiger partial charge in [-0.3, -0.25) is 9.78 Å². The fourth-order valence-electron chi connectivity index (χ4n) is 3.41. The number of methoxy groups -OCH3 is 1. The average molecular weight is 606 g/mol. The number of aliphatic imine (C=N–C) groups is 1. The number of nitrogens with one attached hydrogen (secondary N) is 1. The van der Waals surface area contributed by atoms with E-state index < -0.39 is 8.32 Å². The van der Waals surface area contributed by atoms with Gasteiger partial charge in [-0.25, -0.2) is 4.99 Å². The van der Waals surface area contributed by atoms with Crippen molar-refractivity contribution >= 4 is 54.2 Å². The van der Waals surface area contributed by atoms with Crippen LogP contribution in [0.25, 0.3) is 11.0 Å². The number of ether oxygens (including phenoxy) is 3. The van der Waals surface area contributed by atoms with Crippen LogP contribution in [-0.4, -0.2) is 80.9 Å². The normalized spacial score (nSPS) is 21.7. The van der Waals surface area contributed by atoms with Gasteiger partial charge in [-0.05, 0) is 40.7 Å². The first-order valence-corrected chi connectivity index (χ1v) is 15.2. The molecule has 1 N–H and O–H groups in total. The lowest BCUT2D eigenvalue weighted by molar-refractivity contribution is -0.106. The molecule has 12 heteroatoms. The summed E-state index contributed by atoms with van der Waals surface area (Å²) in [6.07, 6.45) is 3.23. The molecule has 0 bridgehead atoms. The summed E-state index contributed by atoms with van der Waals surface area (Å²) >= 11 is 2.15. The van der Waals surface area contributed by atoms with Crippen LogP contribution in [-0.2, 0) is 18.6 Å². The van der Waals surface area contributed by atoms with Crippen molar-refractivity contribution in [2.24, 2.45) is 4.99 Å². The Bertz CT molecular complexity index is 1080. The van der Waals surface area contributed by atoms with Crippen LogP contribution in [0.4, 0.5) is 5.95 Å². The van der Waals surface area contributed by atoms with E-state index in [1.54, 1.807) is 18.3 Å². The molecule has 0 amide bonds. The van der Waals surface area contributed by atoms with E-state index in [0.29, 0.717) is 24.1 Å². The van der Waals surface area contributed by atoms with E-state index in [2.05, 4.69) is 71.4 Å². The van der Waals surface area contributed by atoms with Crippen molar-refractivity contribution in [2.75, 3.05) is 34.6 Å². The van der Waals surface area contributed by atoms with Crippen LogP contribution in [0, 0.1) is 3.57 Å². The number of aromatic nitrogens is 3. The second kappa shape index (κ2) is 10.7. The number of halogens is 1. The minimum Gasteiger partial charge on any atom is -0.414 e. The molecule has 0 aromatic carbocycles. The van der Waals surface area contributed by atoms with Crippen molar-refractivity contribution < 1.29 is 18.6 Å². The Hall–Kier alpha value is -1.32. The zero-order chi connectivity index (χ0) is 25.3. The zero-order valence-corrected chi connectivity index (χ0v) is 24.4. The molecule has 0 spiro atoms. The molecule has 2 aromatic rings. The minimum absolute atomic E-state index is 0.0923. The number of nitrogens with zero attached hydrogens (tertiary/aromatic N) is 4. The Morgan fingerprint density at radius 3 is 2.74 bits per heavy atom. The molecular weight excluding hydrogens is 569 g/mol. The number of fused-ring (bicyclic) bond motifs is 1. The van der Waals surface area contributed by atoms with E-state index in [-0.39, 0.29) is 41.8 Å². The van der Waals surface area contributed by atoms with Crippen molar-refractivity contribution in [3.63, 3.8) is 0 Å². The maximum absolute atomic E-state index is 12.8. The molecular formula is C22H36IN5O5Si. The van der Waals surface area contributed by atoms with Gasteiger partial charge in [-0.15, -0.1) is 0 Å². The average Bonchev–Trinajstić information content (AvgIpc) is 3.29. The second-order valence-electron chi connectivity index (χ2n) is 10.2. The quantitative estimate of drug-likeness (QED) is 0.152. The predicted octanol–water partition coefficient (Wildman–Crippen LogP) is 3.85. The highest BCUT2D eigenvalue weighted by atomic mass is 127. The van der Waals surface area contributed by atoms with Crippen LogP contribution in [0.15, 0.2) is 16.0 Å². The highest BCUT2D eigenvalue weighted by molar-refractivity contribution is 14.1. The smallest absolute Gasteiger partial charge is 0.262 e. The van der Waals surface area contributed by atoms with Crippen LogP contribution < -0.4 is 5.56 Å². The Balaban J connectivity index is 1.91. The molecule has 10 nitrogen and oxygen atoms in total. The first kappa shape index (κ1) is 27.3. The summed E-state index contributed by atoms with van der Waals surface area (Å²) in [5.74, 6) is 0.241. The number of hydrogen-bond donors (Lipinski definition) is 1. The molecule has 1 saturated heterocycles. The Labute approximate surface area is 215 Å². The third-order valence-corrected chi connectivity index (χ3v) is 11.7. The summed E-state index contributed by atoms with van der Waals surface area (Å²) in [7, 11) is 3.34. The lowest BCUT2D eigenvalue weighted by Gasteiger charge is -2.37. The molecule has 1 aliphatic rings. The van der Waals surface area contributed by atoms with Gasteiger partial charge in [0.05, 0.1) is 24.4 Å². The molecule has 0 saturated carbocycles. The SMILES string of the molecule is COCOC1C[C@H](n2cc(I)c3c(=O)[nH]c(N=CN(C)C)nc32)O[C@@H]1CO[Si](C)(C)C(C)(C)C. The lowest BCUT2D eigenvalue weighted by Crippen LogP contribution is -2.44. The van der Waals surface area contributed by atoms with Gasteiger partial charge in [0.1, 0.15) is 19.1 Å². The van der Waals surface area contributed by atoms with Crippen LogP contribution >= 0.6 is 22.6 Å². The van der Waals surface area contributed by atoms with E-state index in [1.165, 1.54) is 0 Å². The molecule has 34 heavy (non-hydrogen) atoms. The molecule has 0 aliphatic carbocycles. The summed E-state index contributed by atoms with van der Waals surface area (Å²) in [6.45, 7) is 11.7. The van der Waals surface area contributed by atoms with Crippen molar-refractivity contribution in [1.82, 2.24) is 19.4 Å². The van der Waals surface area contributed by atoms with E-state index in [1.807, 2.05) is 24.9 Å². The van der Waals surface area contributed by atoms with Crippen molar-refractivity contribution in [3.8, 4) is 0 Å². The van der Waals surface area contributed by atoms with Gasteiger partial charge in [0, 0.05) is 37.4 Å². The number of hydrogen-bond acceptors (Lipinski definition) is 7. The van der Waals surface area contributed by atoms with Gasteiger partial charge in [0.15, 0.2) is 14.0 Å². The third kappa shape index (κ3) is 6.08. The highest BCUT2D eigenvalue weighted by Gasteiger charge is 2.42. The van der Waals surface area contributed by atoms with Crippen molar-refractivity contribution in [1.29, 1.82) is 0 Å². The first-order valence-electron chi connectivity index (χ1n) is 11.2. The summed E-state index contributed by atoms with van der Waals surface area (Å²) in [4.78, 5) is 26.2. The van der Waals surface area contributed by atoms with Crippen molar-refractivity contribution in [3.05, 3.63) is 20.1 Å². The monoisotopic (exact) mass is 605 g/mol. The van der Waals surface area contributed by atoms with E-state index in [4.69, 9.17) is 18.6 Å². The molecule has 3 rings (SSSR count). The summed E-state index contributed by atoms with van der Waals surface area (Å²) in [5.41, 5.74) is 0.294. The third-order valence-electron chi connectivity index (χ3n) is 6.34. The van der Waals surface area contributed by atoms with E-state index in [9.17, 15) is 4.79 Å². The van der Waals surface area contributed by atoms with Gasteiger partial charge in [0.2, 0.25) is 5.95 Å². The van der Waals surface area contributed by atoms with Gasteiger partial charge < -0.3 is 28.1 Å². The Morgan fingerprint density at radius 1 is 1.41 bits per heavy atom. The molecule has 190 valence electrons. The van der Waals surface area contributed by atoms with Gasteiger partial charge in [-0.2, -0.15) is 4.98 Å². The van der Waals surface area contributed by atoms with Crippen molar-refractivity contribution in [2.45, 2.75) is 63.8 Å². The number of H-pyrrole nitrogens is 1. The van der Waals surface area contributed by atoms with E-state index >= 15 is 0 Å². The van der Waals surface area contributed by atoms with Crippen LogP contribution in [0.2, 0.25) is 18.1 Å². The van der Waals surface area contributed by atoms with E-state index in [0.717, 1.165) is 3.57 Å². The molecule has 3 heterocycles. The Kier molecular flexibility index (Phi) is 8.62. The molecule has 2 aromatic heterocycles. The maximum atomic E-state index is 12.8. The summed E-state index contributed by atoms with van der Waals surface area (Å²) in [6, 6.07) is 0. The number of aromatic amines is 1. The van der Waals surface area contributed by atoms with Gasteiger partial charge in [-0.1, -0.05) is 20.8 Å². The van der Waals surface area contributed by atoms with Crippen LogP contribution in [0.5, 0.6) is 0 Å². The maximum Gasteiger partial charge on any atom is 0.262 e. The minimum atomic E-state index is -1.96. The molecule has 3 atom stereocenters. The second-order valence-corrected chi connectivity index (χ2v) is 16.2. The summed E-state index contributed by atoms with van der Waals surface area (Å²) in [5, 5.41) is 0.609. The largest absolute Gasteiger partial charge is 0.414 e. The fraction of sp³-hybridized carbons (Fsp3) is 0.682. The molecule has 0 radical (unpaired) electrons. The first-order chi connectivity index (χ1) is 15.8. The lowest BCUT2D eigenvalue weighted by atomic mass is 10.2. The topological polar surface area (TPSA) is 103 Å². The summed E-state index contributed by atoms with van der Waals surface area (Å²) < 4.78 is 26.7. The zero-order valence-electron chi connectivity index (χ0n) is 21.2. The standard InChI is InChI=1S/C22H36IN5O5Si/c1-22(2,3)34(7,8)32-11-16-15(31-13-30-6)9-17(33-16)28-10-14(23)18-19(28)25-21(26-20(18)29)24-12-27(4)5/h10,12,15-17H,9,11,13H2,1-8H3,(H,25,26,29)/t15?,16-,17-/m1/s1. The van der Waals surface area contributed by atoms with Gasteiger partial charge >= 0.3 is 0 Å². The van der Waals surface area contributed by atoms with Crippen LogP contribution in [0.3, 0.4) is 0 Å². The Morgan fingerprint density at radius 2 is 2.12 bits per heavy atom. The number of rotatable bonds is 9. The predicted molar refractivity (Wildman–Crippen MR) is 143 cm³/mol. The molecule has 1 unspecified atom stereocenters. The highest BCUT2D eigenvalue weighted by Crippen LogP contribution is 2.39. The van der Waals surface area contributed by atoms with Crippen LogP contribution in [0.1, 0.15) is 33.4 Å². The molecule has 1 fully saturated rings. The fourth-order valence-corrected chi connectivity index (χ4v) is 5.21.